The summed E-state index contributed by atoms with van der Waals surface area (Å²) in [6.45, 7) is 1.53. The Labute approximate surface area is 117 Å². The molecule has 102 valence electrons. The standard InChI is InChI=1S/C16H15FN2O/c1-11(20)16-14(17)7-4-8-15(16)19(2)13-6-3-5-12(9-13)10-18/h3-9,11,20H,1-2H3/t11-/m0/s1. The lowest BCUT2D eigenvalue weighted by Gasteiger charge is -2.24. The smallest absolute Gasteiger partial charge is 0.131 e. The molecule has 0 heterocycles. The van der Waals surface area contributed by atoms with Gasteiger partial charge in [-0.1, -0.05) is 12.1 Å². The van der Waals surface area contributed by atoms with E-state index in [2.05, 4.69) is 6.07 Å². The Hall–Kier alpha value is -2.38. The average Bonchev–Trinajstić information content (AvgIpc) is 2.45. The molecule has 2 rings (SSSR count). The Bertz CT molecular complexity index is 662. The minimum absolute atomic E-state index is 0.248. The van der Waals surface area contributed by atoms with E-state index < -0.39 is 11.9 Å². The molecule has 1 atom stereocenters. The van der Waals surface area contributed by atoms with Crippen LogP contribution in [0.2, 0.25) is 0 Å². The van der Waals surface area contributed by atoms with E-state index >= 15 is 0 Å². The summed E-state index contributed by atoms with van der Waals surface area (Å²) in [6, 6.07) is 13.8. The highest BCUT2D eigenvalue weighted by molar-refractivity contribution is 5.67. The maximum Gasteiger partial charge on any atom is 0.131 e. The van der Waals surface area contributed by atoms with Crippen LogP contribution >= 0.6 is 0 Å². The highest BCUT2D eigenvalue weighted by atomic mass is 19.1. The number of nitrogens with zero attached hydrogens (tertiary/aromatic N) is 2. The van der Waals surface area contributed by atoms with Gasteiger partial charge >= 0.3 is 0 Å². The number of hydrogen-bond acceptors (Lipinski definition) is 3. The van der Waals surface area contributed by atoms with E-state index in [1.165, 1.54) is 13.0 Å². The zero-order valence-electron chi connectivity index (χ0n) is 11.3. The van der Waals surface area contributed by atoms with Gasteiger partial charge in [0.1, 0.15) is 5.82 Å². The topological polar surface area (TPSA) is 47.3 Å². The number of hydrogen-bond donors (Lipinski definition) is 1. The molecule has 3 nitrogen and oxygen atoms in total. The summed E-state index contributed by atoms with van der Waals surface area (Å²) in [5.74, 6) is -0.444. The predicted molar refractivity (Wildman–Crippen MR) is 76.3 cm³/mol. The molecule has 0 radical (unpaired) electrons. The van der Waals surface area contributed by atoms with Crippen LogP contribution < -0.4 is 4.90 Å². The molecule has 0 aromatic heterocycles. The van der Waals surface area contributed by atoms with Gasteiger partial charge in [-0.2, -0.15) is 5.26 Å². The van der Waals surface area contributed by atoms with Gasteiger partial charge in [-0.05, 0) is 37.3 Å². The third kappa shape index (κ3) is 2.63. The summed E-state index contributed by atoms with van der Waals surface area (Å²) >= 11 is 0. The van der Waals surface area contributed by atoms with Crippen molar-refractivity contribution < 1.29 is 9.50 Å². The number of benzene rings is 2. The van der Waals surface area contributed by atoms with Crippen LogP contribution in [0.25, 0.3) is 0 Å². The molecule has 0 aliphatic heterocycles. The Balaban J connectivity index is 2.51. The number of halogens is 1. The van der Waals surface area contributed by atoms with E-state index in [-0.39, 0.29) is 5.56 Å². The summed E-state index contributed by atoms with van der Waals surface area (Å²) in [7, 11) is 1.77. The minimum Gasteiger partial charge on any atom is -0.389 e. The lowest BCUT2D eigenvalue weighted by Crippen LogP contribution is -2.14. The van der Waals surface area contributed by atoms with E-state index in [4.69, 9.17) is 5.26 Å². The van der Waals surface area contributed by atoms with Gasteiger partial charge in [0.15, 0.2) is 0 Å². The number of rotatable bonds is 3. The summed E-state index contributed by atoms with van der Waals surface area (Å²) in [6.07, 6.45) is -0.909. The molecule has 0 saturated heterocycles. The molecule has 0 aliphatic carbocycles. The second-order valence-electron chi connectivity index (χ2n) is 4.57. The Kier molecular flexibility index (Phi) is 4.02. The summed E-state index contributed by atoms with van der Waals surface area (Å²) in [5.41, 5.74) is 2.12. The molecule has 2 aromatic carbocycles. The fraction of sp³-hybridized carbons (Fsp3) is 0.188. The predicted octanol–water partition coefficient (Wildman–Crippen LogP) is 3.52. The molecule has 1 N–H and O–H groups in total. The van der Waals surface area contributed by atoms with Crippen molar-refractivity contribution in [1.29, 1.82) is 5.26 Å². The fourth-order valence-electron chi connectivity index (χ4n) is 2.15. The molecule has 0 amide bonds. The fourth-order valence-corrected chi connectivity index (χ4v) is 2.15. The van der Waals surface area contributed by atoms with Crippen LogP contribution in [0.3, 0.4) is 0 Å². The van der Waals surface area contributed by atoms with Crippen LogP contribution in [0, 0.1) is 17.1 Å². The molecular weight excluding hydrogens is 255 g/mol. The van der Waals surface area contributed by atoms with Gasteiger partial charge in [0, 0.05) is 24.0 Å². The Morgan fingerprint density at radius 3 is 2.60 bits per heavy atom. The van der Waals surface area contributed by atoms with Crippen molar-refractivity contribution in [3.05, 3.63) is 59.4 Å². The summed E-state index contributed by atoms with van der Waals surface area (Å²) < 4.78 is 13.9. The first-order chi connectivity index (χ1) is 9.54. The zero-order chi connectivity index (χ0) is 14.7. The van der Waals surface area contributed by atoms with Gasteiger partial charge in [-0.3, -0.25) is 0 Å². The van der Waals surface area contributed by atoms with Crippen molar-refractivity contribution in [2.24, 2.45) is 0 Å². The van der Waals surface area contributed by atoms with E-state index in [1.54, 1.807) is 42.3 Å². The largest absolute Gasteiger partial charge is 0.389 e. The highest BCUT2D eigenvalue weighted by Gasteiger charge is 2.17. The van der Waals surface area contributed by atoms with E-state index in [0.717, 1.165) is 5.69 Å². The monoisotopic (exact) mass is 270 g/mol. The van der Waals surface area contributed by atoms with Gasteiger partial charge < -0.3 is 10.0 Å². The van der Waals surface area contributed by atoms with Crippen LogP contribution in [-0.2, 0) is 0 Å². The number of nitriles is 1. The van der Waals surface area contributed by atoms with Crippen molar-refractivity contribution in [2.45, 2.75) is 13.0 Å². The zero-order valence-corrected chi connectivity index (χ0v) is 11.3. The second-order valence-corrected chi connectivity index (χ2v) is 4.57. The van der Waals surface area contributed by atoms with Crippen molar-refractivity contribution in [1.82, 2.24) is 0 Å². The van der Waals surface area contributed by atoms with Crippen LogP contribution in [0.5, 0.6) is 0 Å². The maximum atomic E-state index is 13.9. The van der Waals surface area contributed by atoms with Crippen LogP contribution in [0.15, 0.2) is 42.5 Å². The number of aliphatic hydroxyl groups is 1. The molecule has 0 fully saturated rings. The maximum absolute atomic E-state index is 13.9. The second kappa shape index (κ2) is 5.72. The van der Waals surface area contributed by atoms with E-state index in [1.807, 2.05) is 6.07 Å². The Morgan fingerprint density at radius 2 is 1.95 bits per heavy atom. The van der Waals surface area contributed by atoms with Gasteiger partial charge in [-0.25, -0.2) is 4.39 Å². The molecule has 20 heavy (non-hydrogen) atoms. The van der Waals surface area contributed by atoms with Gasteiger partial charge in [-0.15, -0.1) is 0 Å². The lowest BCUT2D eigenvalue weighted by molar-refractivity contribution is 0.194. The first kappa shape index (κ1) is 14.0. The highest BCUT2D eigenvalue weighted by Crippen LogP contribution is 2.32. The quantitative estimate of drug-likeness (QED) is 0.928. The van der Waals surface area contributed by atoms with Crippen molar-refractivity contribution >= 4 is 11.4 Å². The molecule has 2 aromatic rings. The van der Waals surface area contributed by atoms with Crippen molar-refractivity contribution in [3.8, 4) is 6.07 Å². The van der Waals surface area contributed by atoms with Gasteiger partial charge in [0.05, 0.1) is 17.7 Å². The number of anilines is 2. The summed E-state index contributed by atoms with van der Waals surface area (Å²) in [4.78, 5) is 1.76. The molecule has 0 saturated carbocycles. The van der Waals surface area contributed by atoms with Crippen LogP contribution in [0.4, 0.5) is 15.8 Å². The molecule has 4 heteroatoms. The molecular formula is C16H15FN2O. The van der Waals surface area contributed by atoms with Crippen molar-refractivity contribution in [2.75, 3.05) is 11.9 Å². The average molecular weight is 270 g/mol. The van der Waals surface area contributed by atoms with Crippen LogP contribution in [0.1, 0.15) is 24.2 Å². The number of aliphatic hydroxyl groups excluding tert-OH is 1. The first-order valence-corrected chi connectivity index (χ1v) is 6.25. The van der Waals surface area contributed by atoms with Crippen LogP contribution in [-0.4, -0.2) is 12.2 Å². The first-order valence-electron chi connectivity index (χ1n) is 6.25. The minimum atomic E-state index is -0.909. The van der Waals surface area contributed by atoms with Gasteiger partial charge in [0.2, 0.25) is 0 Å². The van der Waals surface area contributed by atoms with E-state index in [9.17, 15) is 9.50 Å². The molecule has 0 aliphatic rings. The molecule has 0 bridgehead atoms. The SMILES string of the molecule is C[C@H](O)c1c(F)cccc1N(C)c1cccc(C#N)c1. The summed E-state index contributed by atoms with van der Waals surface area (Å²) in [5, 5.41) is 18.7. The molecule has 0 unspecified atom stereocenters. The third-order valence-electron chi connectivity index (χ3n) is 3.17. The van der Waals surface area contributed by atoms with Gasteiger partial charge in [0.25, 0.3) is 0 Å². The lowest BCUT2D eigenvalue weighted by atomic mass is 10.1. The normalized spacial score (nSPS) is 11.8. The third-order valence-corrected chi connectivity index (χ3v) is 3.17. The molecule has 0 spiro atoms. The Morgan fingerprint density at radius 1 is 1.25 bits per heavy atom. The van der Waals surface area contributed by atoms with E-state index in [0.29, 0.717) is 11.3 Å². The van der Waals surface area contributed by atoms with Crippen molar-refractivity contribution in [3.63, 3.8) is 0 Å².